The predicted molar refractivity (Wildman–Crippen MR) is 102 cm³/mol. The Labute approximate surface area is 160 Å². The van der Waals surface area contributed by atoms with E-state index in [9.17, 15) is 14.0 Å². The fourth-order valence-electron chi connectivity index (χ4n) is 3.15. The molecular formula is C20H17FN4O3. The summed E-state index contributed by atoms with van der Waals surface area (Å²) in [5, 5.41) is 9.67. The first-order valence-corrected chi connectivity index (χ1v) is 8.63. The van der Waals surface area contributed by atoms with Crippen molar-refractivity contribution < 1.29 is 18.7 Å². The number of fused-ring (bicyclic) bond motifs is 1. The van der Waals surface area contributed by atoms with Gasteiger partial charge in [-0.05, 0) is 35.9 Å². The van der Waals surface area contributed by atoms with Crippen LogP contribution in [0.4, 0.5) is 15.9 Å². The number of nitrogens with one attached hydrogen (secondary N) is 2. The summed E-state index contributed by atoms with van der Waals surface area (Å²) < 4.78 is 19.9. The number of nitrogens with zero attached hydrogens (tertiary/aromatic N) is 2. The van der Waals surface area contributed by atoms with E-state index in [4.69, 9.17) is 4.74 Å². The number of carbonyl (C=O) groups excluding carboxylic acids is 2. The van der Waals surface area contributed by atoms with Crippen molar-refractivity contribution >= 4 is 23.3 Å². The molecule has 0 saturated carbocycles. The van der Waals surface area contributed by atoms with Crippen LogP contribution < -0.4 is 15.4 Å². The molecule has 0 spiro atoms. The van der Waals surface area contributed by atoms with Gasteiger partial charge in [0, 0.05) is 11.3 Å². The van der Waals surface area contributed by atoms with Crippen molar-refractivity contribution in [2.24, 2.45) is 0 Å². The molecule has 0 bridgehead atoms. The first-order valence-electron chi connectivity index (χ1n) is 8.63. The molecule has 0 radical (unpaired) electrons. The van der Waals surface area contributed by atoms with E-state index >= 15 is 0 Å². The van der Waals surface area contributed by atoms with Gasteiger partial charge < -0.3 is 15.4 Å². The highest BCUT2D eigenvalue weighted by Gasteiger charge is 2.35. The van der Waals surface area contributed by atoms with E-state index in [0.29, 0.717) is 11.5 Å². The molecule has 2 N–H and O–H groups in total. The number of hydrogen-bond donors (Lipinski definition) is 2. The second-order valence-electron chi connectivity index (χ2n) is 6.35. The summed E-state index contributed by atoms with van der Waals surface area (Å²) in [6, 6.07) is 12.2. The molecule has 142 valence electrons. The zero-order valence-electron chi connectivity index (χ0n) is 15.0. The molecule has 2 aromatic carbocycles. The maximum atomic E-state index is 13.3. The minimum atomic E-state index is -0.768. The SMILES string of the molecule is COc1ccc(-c2cnn3c2NC(=O)C3CC(=O)Nc2cccc(F)c2)cc1. The number of methoxy groups -OCH3 is 1. The van der Waals surface area contributed by atoms with E-state index in [2.05, 4.69) is 15.7 Å². The second kappa shape index (κ2) is 7.15. The largest absolute Gasteiger partial charge is 0.497 e. The zero-order valence-corrected chi connectivity index (χ0v) is 15.0. The van der Waals surface area contributed by atoms with Crippen molar-refractivity contribution in [2.75, 3.05) is 17.7 Å². The zero-order chi connectivity index (χ0) is 19.7. The van der Waals surface area contributed by atoms with Gasteiger partial charge in [-0.3, -0.25) is 9.59 Å². The Morgan fingerprint density at radius 1 is 1.29 bits per heavy atom. The quantitative estimate of drug-likeness (QED) is 0.712. The Kier molecular flexibility index (Phi) is 4.52. The minimum absolute atomic E-state index is 0.112. The van der Waals surface area contributed by atoms with E-state index in [0.717, 1.165) is 16.9 Å². The van der Waals surface area contributed by atoms with Crippen molar-refractivity contribution in [3.05, 3.63) is 60.5 Å². The Balaban J connectivity index is 1.53. The lowest BCUT2D eigenvalue weighted by Crippen LogP contribution is -2.23. The Hall–Kier alpha value is -3.68. The van der Waals surface area contributed by atoms with Crippen LogP contribution >= 0.6 is 0 Å². The van der Waals surface area contributed by atoms with E-state index in [1.165, 1.54) is 22.9 Å². The van der Waals surface area contributed by atoms with Gasteiger partial charge in [0.05, 0.1) is 19.7 Å². The monoisotopic (exact) mass is 380 g/mol. The highest BCUT2D eigenvalue weighted by Crippen LogP contribution is 2.36. The van der Waals surface area contributed by atoms with Crippen LogP contribution in [-0.4, -0.2) is 28.7 Å². The number of ether oxygens (including phenoxy) is 1. The first-order chi connectivity index (χ1) is 13.5. The van der Waals surface area contributed by atoms with Gasteiger partial charge in [-0.1, -0.05) is 18.2 Å². The highest BCUT2D eigenvalue weighted by atomic mass is 19.1. The first kappa shape index (κ1) is 17.7. The number of amides is 2. The number of anilines is 2. The molecule has 8 heteroatoms. The van der Waals surface area contributed by atoms with E-state index < -0.39 is 17.8 Å². The van der Waals surface area contributed by atoms with Crippen molar-refractivity contribution in [3.8, 4) is 16.9 Å². The molecule has 28 heavy (non-hydrogen) atoms. The fourth-order valence-corrected chi connectivity index (χ4v) is 3.15. The normalized spacial score (nSPS) is 15.1. The lowest BCUT2D eigenvalue weighted by molar-refractivity contribution is -0.123. The van der Waals surface area contributed by atoms with Gasteiger partial charge in [-0.15, -0.1) is 0 Å². The van der Waals surface area contributed by atoms with Crippen LogP contribution in [0.25, 0.3) is 11.1 Å². The summed E-state index contributed by atoms with van der Waals surface area (Å²) in [5.41, 5.74) is 1.96. The summed E-state index contributed by atoms with van der Waals surface area (Å²) in [7, 11) is 1.59. The molecule has 1 unspecified atom stereocenters. The smallest absolute Gasteiger partial charge is 0.251 e. The third kappa shape index (κ3) is 3.32. The van der Waals surface area contributed by atoms with Crippen LogP contribution in [0.5, 0.6) is 5.75 Å². The van der Waals surface area contributed by atoms with Crippen molar-refractivity contribution in [1.82, 2.24) is 9.78 Å². The molecule has 1 atom stereocenters. The van der Waals surface area contributed by atoms with E-state index in [1.54, 1.807) is 19.4 Å². The Bertz CT molecular complexity index is 1050. The summed E-state index contributed by atoms with van der Waals surface area (Å²) in [4.78, 5) is 24.7. The van der Waals surface area contributed by atoms with Crippen LogP contribution in [0.15, 0.2) is 54.7 Å². The van der Waals surface area contributed by atoms with Crippen LogP contribution in [0, 0.1) is 5.82 Å². The lowest BCUT2D eigenvalue weighted by Gasteiger charge is -2.10. The second-order valence-corrected chi connectivity index (χ2v) is 6.35. The van der Waals surface area contributed by atoms with Gasteiger partial charge >= 0.3 is 0 Å². The van der Waals surface area contributed by atoms with Gasteiger partial charge in [-0.2, -0.15) is 5.10 Å². The average Bonchev–Trinajstić information content (AvgIpc) is 3.21. The third-order valence-corrected chi connectivity index (χ3v) is 4.52. The molecule has 7 nitrogen and oxygen atoms in total. The topological polar surface area (TPSA) is 85.2 Å². The van der Waals surface area contributed by atoms with Crippen LogP contribution in [0.3, 0.4) is 0 Å². The molecule has 0 fully saturated rings. The summed E-state index contributed by atoms with van der Waals surface area (Å²) in [6.07, 6.45) is 1.53. The van der Waals surface area contributed by atoms with Crippen LogP contribution in [0.1, 0.15) is 12.5 Å². The summed E-state index contributed by atoms with van der Waals surface area (Å²) in [6.45, 7) is 0. The average molecular weight is 380 g/mol. The van der Waals surface area contributed by atoms with Crippen LogP contribution in [0.2, 0.25) is 0 Å². The molecule has 1 aromatic heterocycles. The number of benzene rings is 2. The van der Waals surface area contributed by atoms with Crippen molar-refractivity contribution in [1.29, 1.82) is 0 Å². The lowest BCUT2D eigenvalue weighted by atomic mass is 10.1. The number of rotatable bonds is 5. The number of aromatic nitrogens is 2. The number of halogens is 1. The molecule has 2 heterocycles. The molecule has 1 aliphatic heterocycles. The highest BCUT2D eigenvalue weighted by molar-refractivity contribution is 6.04. The molecule has 0 aliphatic carbocycles. The third-order valence-electron chi connectivity index (χ3n) is 4.52. The van der Waals surface area contributed by atoms with Crippen molar-refractivity contribution in [3.63, 3.8) is 0 Å². The minimum Gasteiger partial charge on any atom is -0.497 e. The van der Waals surface area contributed by atoms with Gasteiger partial charge in [0.2, 0.25) is 5.91 Å². The van der Waals surface area contributed by atoms with Crippen molar-refractivity contribution in [2.45, 2.75) is 12.5 Å². The summed E-state index contributed by atoms with van der Waals surface area (Å²) in [5.74, 6) is 0.101. The maximum absolute atomic E-state index is 13.3. The van der Waals surface area contributed by atoms with E-state index in [1.807, 2.05) is 24.3 Å². The Morgan fingerprint density at radius 3 is 2.79 bits per heavy atom. The molecule has 2 amide bonds. The number of hydrogen-bond acceptors (Lipinski definition) is 4. The molecule has 3 aromatic rings. The van der Waals surface area contributed by atoms with E-state index in [-0.39, 0.29) is 12.3 Å². The van der Waals surface area contributed by atoms with Gasteiger partial charge in [-0.25, -0.2) is 9.07 Å². The maximum Gasteiger partial charge on any atom is 0.251 e. The van der Waals surface area contributed by atoms with Gasteiger partial charge in [0.25, 0.3) is 5.91 Å². The molecular weight excluding hydrogens is 363 g/mol. The van der Waals surface area contributed by atoms with Gasteiger partial charge in [0.15, 0.2) is 0 Å². The van der Waals surface area contributed by atoms with Crippen LogP contribution in [-0.2, 0) is 9.59 Å². The molecule has 0 saturated heterocycles. The number of carbonyl (C=O) groups is 2. The van der Waals surface area contributed by atoms with Gasteiger partial charge in [0.1, 0.15) is 23.4 Å². The predicted octanol–water partition coefficient (Wildman–Crippen LogP) is 3.22. The standard InChI is InChI=1S/C20H17FN4O3/c1-28-15-7-5-12(6-8-15)16-11-22-25-17(20(27)24-19(16)25)10-18(26)23-14-4-2-3-13(21)9-14/h2-9,11,17H,10H2,1H3,(H,23,26)(H,24,27). The molecule has 1 aliphatic rings. The molecule has 4 rings (SSSR count). The Morgan fingerprint density at radius 2 is 2.07 bits per heavy atom. The summed E-state index contributed by atoms with van der Waals surface area (Å²) >= 11 is 0. The fraction of sp³-hybridized carbons (Fsp3) is 0.150.